The molecule has 1 aromatic rings. The van der Waals surface area contributed by atoms with Crippen molar-refractivity contribution >= 4 is 5.91 Å². The van der Waals surface area contributed by atoms with Gasteiger partial charge in [0.25, 0.3) is 0 Å². The molecule has 1 amide bonds. The fourth-order valence-electron chi connectivity index (χ4n) is 1.69. The Morgan fingerprint density at radius 2 is 2.47 bits per heavy atom. The largest absolute Gasteiger partial charge is 0.355 e. The SMILES string of the molecule is CCc1ncc(F)c(C2CCNC2=O)n1. The van der Waals surface area contributed by atoms with Crippen LogP contribution in [0.2, 0.25) is 0 Å². The molecule has 1 atom stereocenters. The zero-order valence-corrected chi connectivity index (χ0v) is 8.46. The molecule has 1 N–H and O–H groups in total. The minimum absolute atomic E-state index is 0.144. The topological polar surface area (TPSA) is 54.9 Å². The number of hydrogen-bond donors (Lipinski definition) is 1. The van der Waals surface area contributed by atoms with Crippen molar-refractivity contribution in [2.75, 3.05) is 6.54 Å². The number of nitrogens with zero attached hydrogens (tertiary/aromatic N) is 2. The lowest BCUT2D eigenvalue weighted by molar-refractivity contribution is -0.120. The summed E-state index contributed by atoms with van der Waals surface area (Å²) in [6.45, 7) is 2.49. The van der Waals surface area contributed by atoms with Crippen LogP contribution >= 0.6 is 0 Å². The highest BCUT2D eigenvalue weighted by atomic mass is 19.1. The molecule has 1 fully saturated rings. The molecule has 1 aliphatic heterocycles. The van der Waals surface area contributed by atoms with E-state index in [1.165, 1.54) is 0 Å². The zero-order chi connectivity index (χ0) is 10.8. The number of carbonyl (C=O) groups is 1. The normalized spacial score (nSPS) is 20.4. The number of nitrogens with one attached hydrogen (secondary N) is 1. The van der Waals surface area contributed by atoms with Crippen molar-refractivity contribution in [1.29, 1.82) is 0 Å². The third kappa shape index (κ3) is 1.82. The molecule has 80 valence electrons. The molecule has 5 heteroatoms. The van der Waals surface area contributed by atoms with Gasteiger partial charge in [-0.3, -0.25) is 4.79 Å². The molecule has 0 saturated carbocycles. The highest BCUT2D eigenvalue weighted by Crippen LogP contribution is 2.23. The predicted molar refractivity (Wildman–Crippen MR) is 51.7 cm³/mol. The number of carbonyl (C=O) groups excluding carboxylic acids is 1. The summed E-state index contributed by atoms with van der Waals surface area (Å²) in [5, 5.41) is 2.67. The third-order valence-corrected chi connectivity index (χ3v) is 2.52. The lowest BCUT2D eigenvalue weighted by Gasteiger charge is -2.08. The summed E-state index contributed by atoms with van der Waals surface area (Å²) in [4.78, 5) is 19.3. The minimum atomic E-state index is -0.491. The van der Waals surface area contributed by atoms with E-state index < -0.39 is 11.7 Å². The Bertz CT molecular complexity index is 394. The van der Waals surface area contributed by atoms with E-state index in [-0.39, 0.29) is 11.6 Å². The molecule has 15 heavy (non-hydrogen) atoms. The fourth-order valence-corrected chi connectivity index (χ4v) is 1.69. The van der Waals surface area contributed by atoms with Crippen molar-refractivity contribution in [2.24, 2.45) is 0 Å². The number of rotatable bonds is 2. The Kier molecular flexibility index (Phi) is 2.62. The Balaban J connectivity index is 2.37. The van der Waals surface area contributed by atoms with Gasteiger partial charge >= 0.3 is 0 Å². The predicted octanol–water partition coefficient (Wildman–Crippen LogP) is 0.782. The molecule has 1 saturated heterocycles. The van der Waals surface area contributed by atoms with Gasteiger partial charge in [-0.1, -0.05) is 6.92 Å². The number of halogens is 1. The zero-order valence-electron chi connectivity index (χ0n) is 8.46. The molecular weight excluding hydrogens is 197 g/mol. The van der Waals surface area contributed by atoms with Gasteiger partial charge < -0.3 is 5.32 Å². The second kappa shape index (κ2) is 3.92. The molecule has 0 aliphatic carbocycles. The van der Waals surface area contributed by atoms with Gasteiger partial charge in [0.15, 0.2) is 5.82 Å². The first kappa shape index (κ1) is 10.0. The van der Waals surface area contributed by atoms with Crippen molar-refractivity contribution in [3.8, 4) is 0 Å². The summed E-state index contributed by atoms with van der Waals surface area (Å²) in [5.74, 6) is -0.506. The second-order valence-corrected chi connectivity index (χ2v) is 3.51. The maximum atomic E-state index is 13.4. The van der Waals surface area contributed by atoms with E-state index in [2.05, 4.69) is 15.3 Å². The molecule has 1 aromatic heterocycles. The van der Waals surface area contributed by atoms with Crippen LogP contribution in [0.4, 0.5) is 4.39 Å². The lowest BCUT2D eigenvalue weighted by atomic mass is 10.0. The van der Waals surface area contributed by atoms with Gasteiger partial charge in [-0.25, -0.2) is 14.4 Å². The highest BCUT2D eigenvalue weighted by Gasteiger charge is 2.29. The van der Waals surface area contributed by atoms with E-state index in [9.17, 15) is 9.18 Å². The molecule has 1 unspecified atom stereocenters. The van der Waals surface area contributed by atoms with E-state index in [0.717, 1.165) is 6.20 Å². The highest BCUT2D eigenvalue weighted by molar-refractivity contribution is 5.85. The third-order valence-electron chi connectivity index (χ3n) is 2.52. The first-order valence-electron chi connectivity index (χ1n) is 5.01. The van der Waals surface area contributed by atoms with Gasteiger partial charge in [-0.2, -0.15) is 0 Å². The quantitative estimate of drug-likeness (QED) is 0.783. The maximum Gasteiger partial charge on any atom is 0.229 e. The molecular formula is C10H12FN3O. The average Bonchev–Trinajstić information content (AvgIpc) is 2.65. The van der Waals surface area contributed by atoms with E-state index in [0.29, 0.717) is 25.2 Å². The van der Waals surface area contributed by atoms with Crippen LogP contribution < -0.4 is 5.32 Å². The summed E-state index contributed by atoms with van der Waals surface area (Å²) in [6, 6.07) is 0. The first-order valence-corrected chi connectivity index (χ1v) is 5.01. The standard InChI is InChI=1S/C10H12FN3O/c1-2-8-13-5-7(11)9(14-8)6-3-4-12-10(6)15/h5-6H,2-4H2,1H3,(H,12,15). The number of aromatic nitrogens is 2. The number of hydrogen-bond acceptors (Lipinski definition) is 3. The van der Waals surface area contributed by atoms with Crippen LogP contribution in [0.3, 0.4) is 0 Å². The summed E-state index contributed by atoms with van der Waals surface area (Å²) in [6.07, 6.45) is 2.39. The second-order valence-electron chi connectivity index (χ2n) is 3.51. The van der Waals surface area contributed by atoms with Crippen LogP contribution in [-0.4, -0.2) is 22.4 Å². The van der Waals surface area contributed by atoms with Gasteiger partial charge in [0.05, 0.1) is 17.8 Å². The Hall–Kier alpha value is -1.52. The van der Waals surface area contributed by atoms with Gasteiger partial charge in [0, 0.05) is 13.0 Å². The molecule has 0 bridgehead atoms. The molecule has 4 nitrogen and oxygen atoms in total. The smallest absolute Gasteiger partial charge is 0.229 e. The van der Waals surface area contributed by atoms with Crippen molar-refractivity contribution in [3.63, 3.8) is 0 Å². The van der Waals surface area contributed by atoms with Crippen LogP contribution in [-0.2, 0) is 11.2 Å². The van der Waals surface area contributed by atoms with Crippen molar-refractivity contribution < 1.29 is 9.18 Å². The molecule has 2 rings (SSSR count). The summed E-state index contributed by atoms with van der Waals surface area (Å²) in [7, 11) is 0. The van der Waals surface area contributed by atoms with Crippen LogP contribution in [0, 0.1) is 5.82 Å². The van der Waals surface area contributed by atoms with Gasteiger partial charge in [0.2, 0.25) is 5.91 Å². The van der Waals surface area contributed by atoms with E-state index in [4.69, 9.17) is 0 Å². The summed E-state index contributed by atoms with van der Waals surface area (Å²) in [5.41, 5.74) is 0.233. The van der Waals surface area contributed by atoms with Gasteiger partial charge in [-0.15, -0.1) is 0 Å². The summed E-state index contributed by atoms with van der Waals surface area (Å²) < 4.78 is 13.4. The Labute approximate surface area is 86.9 Å². The van der Waals surface area contributed by atoms with Crippen molar-refractivity contribution in [2.45, 2.75) is 25.7 Å². The molecule has 2 heterocycles. The number of amides is 1. The minimum Gasteiger partial charge on any atom is -0.355 e. The van der Waals surface area contributed by atoms with E-state index in [1.807, 2.05) is 6.92 Å². The maximum absolute atomic E-state index is 13.4. The van der Waals surface area contributed by atoms with Crippen LogP contribution in [0.25, 0.3) is 0 Å². The monoisotopic (exact) mass is 209 g/mol. The average molecular weight is 209 g/mol. The van der Waals surface area contributed by atoms with E-state index in [1.54, 1.807) is 0 Å². The first-order chi connectivity index (χ1) is 7.22. The molecule has 1 aliphatic rings. The Morgan fingerprint density at radius 3 is 3.07 bits per heavy atom. The molecule has 0 spiro atoms. The van der Waals surface area contributed by atoms with Crippen LogP contribution in [0.5, 0.6) is 0 Å². The van der Waals surface area contributed by atoms with Gasteiger partial charge in [-0.05, 0) is 6.42 Å². The molecule has 0 aromatic carbocycles. The van der Waals surface area contributed by atoms with Gasteiger partial charge in [0.1, 0.15) is 5.82 Å². The summed E-state index contributed by atoms with van der Waals surface area (Å²) >= 11 is 0. The van der Waals surface area contributed by atoms with E-state index >= 15 is 0 Å². The Morgan fingerprint density at radius 1 is 1.67 bits per heavy atom. The number of aryl methyl sites for hydroxylation is 1. The van der Waals surface area contributed by atoms with Crippen molar-refractivity contribution in [3.05, 3.63) is 23.5 Å². The van der Waals surface area contributed by atoms with Crippen LogP contribution in [0.15, 0.2) is 6.20 Å². The lowest BCUT2D eigenvalue weighted by Crippen LogP contribution is -2.20. The molecule has 0 radical (unpaired) electrons. The van der Waals surface area contributed by atoms with Crippen molar-refractivity contribution in [1.82, 2.24) is 15.3 Å². The van der Waals surface area contributed by atoms with Crippen LogP contribution in [0.1, 0.15) is 30.8 Å². The fraction of sp³-hybridized carbons (Fsp3) is 0.500.